The van der Waals surface area contributed by atoms with Crippen LogP contribution in [-0.2, 0) is 9.84 Å². The highest BCUT2D eigenvalue weighted by Crippen LogP contribution is 2.31. The predicted octanol–water partition coefficient (Wildman–Crippen LogP) is 4.61. The van der Waals surface area contributed by atoms with E-state index in [1.54, 1.807) is 0 Å². The molecule has 0 amide bonds. The van der Waals surface area contributed by atoms with Crippen molar-refractivity contribution in [1.29, 1.82) is 0 Å². The van der Waals surface area contributed by atoms with Crippen molar-refractivity contribution in [1.82, 2.24) is 9.78 Å². The first-order chi connectivity index (χ1) is 13.0. The zero-order chi connectivity index (χ0) is 20.8. The summed E-state index contributed by atoms with van der Waals surface area (Å²) >= 11 is 0. The molecule has 1 aromatic heterocycles. The van der Waals surface area contributed by atoms with E-state index in [0.29, 0.717) is 18.4 Å². The first kappa shape index (κ1) is 20.0. The molecule has 4 nitrogen and oxygen atoms in total. The van der Waals surface area contributed by atoms with Crippen LogP contribution in [0.15, 0.2) is 41.3 Å². The molecule has 2 aromatic carbocycles. The molecule has 3 aromatic rings. The van der Waals surface area contributed by atoms with Gasteiger partial charge >= 0.3 is 0 Å². The summed E-state index contributed by atoms with van der Waals surface area (Å²) in [6.07, 6.45) is -2.32. The van der Waals surface area contributed by atoms with Crippen LogP contribution in [0.25, 0.3) is 16.9 Å². The van der Waals surface area contributed by atoms with E-state index in [-0.39, 0.29) is 22.5 Å². The quantitative estimate of drug-likeness (QED) is 0.584. The highest BCUT2D eigenvalue weighted by Gasteiger charge is 2.24. The fourth-order valence-corrected chi connectivity index (χ4v) is 3.56. The number of hydrogen-bond acceptors (Lipinski definition) is 3. The number of benzene rings is 2. The van der Waals surface area contributed by atoms with Crippen molar-refractivity contribution in [2.24, 2.45) is 0 Å². The van der Waals surface area contributed by atoms with E-state index < -0.39 is 44.3 Å². The van der Waals surface area contributed by atoms with Crippen molar-refractivity contribution in [3.63, 3.8) is 0 Å². The maximum Gasteiger partial charge on any atom is 0.282 e. The van der Waals surface area contributed by atoms with Gasteiger partial charge in [0.1, 0.15) is 28.0 Å². The number of nitrogens with zero attached hydrogens (tertiary/aromatic N) is 2. The fourth-order valence-electron chi connectivity index (χ4n) is 2.74. The van der Waals surface area contributed by atoms with Crippen LogP contribution < -0.4 is 0 Å². The van der Waals surface area contributed by atoms with Gasteiger partial charge in [-0.3, -0.25) is 0 Å². The first-order valence-corrected chi connectivity index (χ1v) is 9.72. The second-order valence-corrected chi connectivity index (χ2v) is 8.09. The van der Waals surface area contributed by atoms with Crippen LogP contribution in [0.3, 0.4) is 0 Å². The smallest absolute Gasteiger partial charge is 0.232 e. The Kier molecular flexibility index (Phi) is 5.00. The van der Waals surface area contributed by atoms with Crippen molar-refractivity contribution in [3.05, 3.63) is 65.1 Å². The third kappa shape index (κ3) is 3.64. The molecular formula is C18H13F5N2O2S. The third-order valence-corrected chi connectivity index (χ3v) is 5.14. The molecular weight excluding hydrogens is 403 g/mol. The number of sulfone groups is 1. The molecule has 148 valence electrons. The molecule has 0 radical (unpaired) electrons. The maximum atomic E-state index is 14.3. The third-order valence-electron chi connectivity index (χ3n) is 4.00. The number of alkyl halides is 2. The van der Waals surface area contributed by atoms with Gasteiger partial charge < -0.3 is 0 Å². The van der Waals surface area contributed by atoms with Crippen molar-refractivity contribution in [3.8, 4) is 16.9 Å². The summed E-state index contributed by atoms with van der Waals surface area (Å²) in [6.45, 7) is 1.47. The zero-order valence-corrected chi connectivity index (χ0v) is 15.4. The Morgan fingerprint density at radius 1 is 0.964 bits per heavy atom. The summed E-state index contributed by atoms with van der Waals surface area (Å²) in [5.74, 6) is -3.28. The molecule has 0 spiro atoms. The van der Waals surface area contributed by atoms with Crippen molar-refractivity contribution >= 4 is 9.84 Å². The van der Waals surface area contributed by atoms with Gasteiger partial charge in [-0.1, -0.05) is 0 Å². The lowest BCUT2D eigenvalue weighted by atomic mass is 10.1. The lowest BCUT2D eigenvalue weighted by Gasteiger charge is -2.11. The van der Waals surface area contributed by atoms with E-state index in [1.165, 1.54) is 19.1 Å². The minimum atomic E-state index is -4.19. The van der Waals surface area contributed by atoms with E-state index >= 15 is 0 Å². The summed E-state index contributed by atoms with van der Waals surface area (Å²) in [6, 6.07) is 6.18. The van der Waals surface area contributed by atoms with E-state index in [2.05, 4.69) is 5.10 Å². The summed E-state index contributed by atoms with van der Waals surface area (Å²) in [7, 11) is -4.19. The lowest BCUT2D eigenvalue weighted by Crippen LogP contribution is -2.08. The van der Waals surface area contributed by atoms with Gasteiger partial charge in [0.25, 0.3) is 6.43 Å². The van der Waals surface area contributed by atoms with Crippen LogP contribution in [0.5, 0.6) is 0 Å². The van der Waals surface area contributed by atoms with E-state index in [0.717, 1.165) is 16.8 Å². The molecule has 0 bridgehead atoms. The van der Waals surface area contributed by atoms with Gasteiger partial charge in [-0.05, 0) is 36.8 Å². The van der Waals surface area contributed by atoms with Crippen LogP contribution in [0, 0.1) is 24.4 Å². The molecule has 0 aliphatic rings. The number of halogens is 5. The van der Waals surface area contributed by atoms with Gasteiger partial charge in [0.15, 0.2) is 9.84 Å². The molecule has 0 atom stereocenters. The van der Waals surface area contributed by atoms with E-state index in [4.69, 9.17) is 0 Å². The topological polar surface area (TPSA) is 52.0 Å². The summed E-state index contributed by atoms with van der Waals surface area (Å²) in [5.41, 5.74) is -0.416. The van der Waals surface area contributed by atoms with Crippen LogP contribution in [0.4, 0.5) is 22.0 Å². The Bertz CT molecular complexity index is 1150. The van der Waals surface area contributed by atoms with Crippen LogP contribution in [-0.4, -0.2) is 24.5 Å². The van der Waals surface area contributed by atoms with Crippen LogP contribution >= 0.6 is 0 Å². The molecule has 0 saturated heterocycles. The van der Waals surface area contributed by atoms with Crippen LogP contribution in [0.2, 0.25) is 0 Å². The Hall–Kier alpha value is -2.75. The molecule has 3 rings (SSSR count). The fraction of sp³-hybridized carbons (Fsp3) is 0.167. The summed E-state index contributed by atoms with van der Waals surface area (Å²) in [4.78, 5) is -1.13. The second kappa shape index (κ2) is 7.01. The number of hydrogen-bond donors (Lipinski definition) is 0. The molecule has 10 heteroatoms. The SMILES string of the molecule is Cc1cc(-c2cc(C(F)F)nn2-c2cc(F)c(S(C)(=O)=O)c(F)c2)ccc1F. The number of aryl methyl sites for hydroxylation is 1. The highest BCUT2D eigenvalue weighted by molar-refractivity contribution is 7.90. The molecule has 0 saturated carbocycles. The minimum Gasteiger partial charge on any atom is -0.232 e. The minimum absolute atomic E-state index is 0.0318. The van der Waals surface area contributed by atoms with Crippen LogP contribution in [0.1, 0.15) is 17.7 Å². The van der Waals surface area contributed by atoms with Crippen molar-refractivity contribution < 1.29 is 30.4 Å². The Morgan fingerprint density at radius 3 is 2.07 bits per heavy atom. The largest absolute Gasteiger partial charge is 0.282 e. The molecule has 0 unspecified atom stereocenters. The van der Waals surface area contributed by atoms with Crippen molar-refractivity contribution in [2.45, 2.75) is 18.2 Å². The Labute approximate surface area is 157 Å². The summed E-state index contributed by atoms with van der Waals surface area (Å²) < 4.78 is 92.3. The maximum absolute atomic E-state index is 14.3. The first-order valence-electron chi connectivity index (χ1n) is 7.83. The number of rotatable bonds is 4. The normalized spacial score (nSPS) is 12.0. The van der Waals surface area contributed by atoms with E-state index in [9.17, 15) is 30.4 Å². The molecule has 1 heterocycles. The second-order valence-electron chi connectivity index (χ2n) is 6.14. The average molecular weight is 416 g/mol. The van der Waals surface area contributed by atoms with E-state index in [1.807, 2.05) is 0 Å². The van der Waals surface area contributed by atoms with Gasteiger partial charge in [0.05, 0.1) is 11.4 Å². The average Bonchev–Trinajstić information content (AvgIpc) is 3.01. The predicted molar refractivity (Wildman–Crippen MR) is 91.7 cm³/mol. The molecule has 0 aliphatic heterocycles. The molecule has 0 fully saturated rings. The number of aromatic nitrogens is 2. The standard InChI is InChI=1S/C18H13F5N2O2S/c1-9-5-10(3-4-12(9)19)16-8-15(18(22)23)24-25(16)11-6-13(20)17(14(21)7-11)28(2,26)27/h3-8,18H,1-2H3. The van der Waals surface area contributed by atoms with Gasteiger partial charge in [-0.2, -0.15) is 5.10 Å². The van der Waals surface area contributed by atoms with Gasteiger partial charge in [-0.25, -0.2) is 35.1 Å². The summed E-state index contributed by atoms with van der Waals surface area (Å²) in [5, 5.41) is 3.67. The highest BCUT2D eigenvalue weighted by atomic mass is 32.2. The molecule has 28 heavy (non-hydrogen) atoms. The van der Waals surface area contributed by atoms with Gasteiger partial charge in [0, 0.05) is 24.0 Å². The monoisotopic (exact) mass is 416 g/mol. The van der Waals surface area contributed by atoms with Crippen molar-refractivity contribution in [2.75, 3.05) is 6.26 Å². The Balaban J connectivity index is 2.26. The zero-order valence-electron chi connectivity index (χ0n) is 14.6. The Morgan fingerprint density at radius 2 is 1.57 bits per heavy atom. The van der Waals surface area contributed by atoms with Gasteiger partial charge in [-0.15, -0.1) is 0 Å². The molecule has 0 aliphatic carbocycles. The molecule has 0 N–H and O–H groups in total. The lowest BCUT2D eigenvalue weighted by molar-refractivity contribution is 0.145. The van der Waals surface area contributed by atoms with Gasteiger partial charge in [0.2, 0.25) is 0 Å².